The summed E-state index contributed by atoms with van der Waals surface area (Å²) < 4.78 is 39.3. The second kappa shape index (κ2) is 5.43. The van der Waals surface area contributed by atoms with Gasteiger partial charge in [-0.1, -0.05) is 23.7 Å². The third-order valence-electron chi connectivity index (χ3n) is 2.30. The van der Waals surface area contributed by atoms with E-state index in [1.807, 2.05) is 0 Å². The number of ether oxygens (including phenoxy) is 1. The SMILES string of the molecule is FC(F)(F)Oc1ccc(C2(Cl)SCCCS2)cc1. The van der Waals surface area contributed by atoms with Crippen LogP contribution in [-0.4, -0.2) is 17.9 Å². The molecule has 1 aromatic rings. The monoisotopic (exact) mass is 314 g/mol. The third kappa shape index (κ3) is 3.65. The van der Waals surface area contributed by atoms with Gasteiger partial charge in [-0.2, -0.15) is 0 Å². The predicted molar refractivity (Wildman–Crippen MR) is 70.2 cm³/mol. The van der Waals surface area contributed by atoms with Crippen molar-refractivity contribution in [3.05, 3.63) is 29.8 Å². The Morgan fingerprint density at radius 1 is 1.11 bits per heavy atom. The normalized spacial score (nSPS) is 19.6. The van der Waals surface area contributed by atoms with Gasteiger partial charge in [0.1, 0.15) is 5.75 Å². The van der Waals surface area contributed by atoms with Crippen molar-refractivity contribution in [1.82, 2.24) is 0 Å². The lowest BCUT2D eigenvalue weighted by Gasteiger charge is -2.30. The molecule has 0 radical (unpaired) electrons. The number of benzene rings is 1. The van der Waals surface area contributed by atoms with Crippen LogP contribution in [0.15, 0.2) is 24.3 Å². The Morgan fingerprint density at radius 3 is 2.17 bits per heavy atom. The molecule has 1 aliphatic heterocycles. The van der Waals surface area contributed by atoms with E-state index in [1.165, 1.54) is 12.1 Å². The Balaban J connectivity index is 2.12. The fraction of sp³-hybridized carbons (Fsp3) is 0.455. The molecule has 0 aliphatic carbocycles. The molecule has 0 N–H and O–H groups in total. The van der Waals surface area contributed by atoms with E-state index in [2.05, 4.69) is 4.74 Å². The average molecular weight is 315 g/mol. The molecule has 1 heterocycles. The van der Waals surface area contributed by atoms with Gasteiger partial charge < -0.3 is 4.74 Å². The van der Waals surface area contributed by atoms with E-state index in [0.29, 0.717) is 0 Å². The van der Waals surface area contributed by atoms with Crippen LogP contribution in [0, 0.1) is 0 Å². The van der Waals surface area contributed by atoms with E-state index in [0.717, 1.165) is 23.5 Å². The number of halogens is 4. The fourth-order valence-corrected chi connectivity index (χ4v) is 4.84. The van der Waals surface area contributed by atoms with Crippen LogP contribution >= 0.6 is 35.1 Å². The van der Waals surface area contributed by atoms with Gasteiger partial charge in [-0.25, -0.2) is 0 Å². The van der Waals surface area contributed by atoms with Gasteiger partial charge in [-0.3, -0.25) is 0 Å². The number of alkyl halides is 4. The van der Waals surface area contributed by atoms with Crippen LogP contribution in [-0.2, 0) is 3.54 Å². The maximum absolute atomic E-state index is 12.0. The molecular weight excluding hydrogens is 305 g/mol. The van der Waals surface area contributed by atoms with E-state index >= 15 is 0 Å². The molecule has 0 bridgehead atoms. The first kappa shape index (κ1) is 14.2. The third-order valence-corrected chi connectivity index (χ3v) is 6.08. The molecule has 1 nitrogen and oxygen atoms in total. The molecule has 18 heavy (non-hydrogen) atoms. The van der Waals surface area contributed by atoms with Crippen molar-refractivity contribution in [3.63, 3.8) is 0 Å². The Labute approximate surface area is 116 Å². The summed E-state index contributed by atoms with van der Waals surface area (Å²) in [5.74, 6) is 1.69. The van der Waals surface area contributed by atoms with E-state index in [-0.39, 0.29) is 5.75 Å². The molecule has 0 amide bonds. The van der Waals surface area contributed by atoms with Crippen LogP contribution in [0.3, 0.4) is 0 Å². The minimum atomic E-state index is -4.66. The van der Waals surface area contributed by atoms with E-state index in [1.54, 1.807) is 35.7 Å². The highest BCUT2D eigenvalue weighted by Crippen LogP contribution is 2.53. The molecule has 0 unspecified atom stereocenters. The summed E-state index contributed by atoms with van der Waals surface area (Å²) in [4.78, 5) is 0. The summed E-state index contributed by atoms with van der Waals surface area (Å²) >= 11 is 9.65. The molecule has 2 rings (SSSR count). The second-order valence-corrected chi connectivity index (χ2v) is 7.55. The van der Waals surface area contributed by atoms with Gasteiger partial charge in [0, 0.05) is 0 Å². The van der Waals surface area contributed by atoms with Crippen molar-refractivity contribution in [3.8, 4) is 5.75 Å². The van der Waals surface area contributed by atoms with Gasteiger partial charge in [0.05, 0.1) is 0 Å². The zero-order chi connectivity index (χ0) is 13.2. The topological polar surface area (TPSA) is 9.23 Å². The summed E-state index contributed by atoms with van der Waals surface area (Å²) in [6, 6.07) is 5.75. The van der Waals surface area contributed by atoms with Gasteiger partial charge in [0.15, 0.2) is 3.54 Å². The van der Waals surface area contributed by atoms with E-state index in [9.17, 15) is 13.2 Å². The lowest BCUT2D eigenvalue weighted by Crippen LogP contribution is -2.18. The first-order valence-electron chi connectivity index (χ1n) is 5.22. The van der Waals surface area contributed by atoms with Crippen LogP contribution < -0.4 is 4.74 Å². The summed E-state index contributed by atoms with van der Waals surface area (Å²) in [6.07, 6.45) is -3.56. The van der Waals surface area contributed by atoms with Gasteiger partial charge >= 0.3 is 6.36 Å². The minimum Gasteiger partial charge on any atom is -0.406 e. The molecule has 1 aliphatic rings. The maximum atomic E-state index is 12.0. The molecular formula is C11H10ClF3OS2. The Hall–Kier alpha value is -0.200. The minimum absolute atomic E-state index is 0.225. The van der Waals surface area contributed by atoms with Crippen molar-refractivity contribution < 1.29 is 17.9 Å². The summed E-state index contributed by atoms with van der Waals surface area (Å²) in [5.41, 5.74) is 0.799. The molecule has 0 aromatic heterocycles. The molecule has 1 fully saturated rings. The van der Waals surface area contributed by atoms with Gasteiger partial charge in [0.25, 0.3) is 0 Å². The van der Waals surface area contributed by atoms with Crippen LogP contribution in [0.4, 0.5) is 13.2 Å². The summed E-state index contributed by atoms with van der Waals surface area (Å²) in [5, 5.41) is 0. The van der Waals surface area contributed by atoms with Crippen molar-refractivity contribution in [1.29, 1.82) is 0 Å². The number of hydrogen-bond donors (Lipinski definition) is 0. The highest BCUT2D eigenvalue weighted by atomic mass is 35.5. The Kier molecular flexibility index (Phi) is 4.29. The largest absolute Gasteiger partial charge is 0.573 e. The first-order chi connectivity index (χ1) is 8.39. The number of thioether (sulfide) groups is 2. The molecule has 0 atom stereocenters. The summed E-state index contributed by atoms with van der Waals surface area (Å²) in [7, 11) is 0. The van der Waals surface area contributed by atoms with Crippen molar-refractivity contribution in [2.45, 2.75) is 16.3 Å². The summed E-state index contributed by atoms with van der Waals surface area (Å²) in [6.45, 7) is 0. The highest BCUT2D eigenvalue weighted by Gasteiger charge is 2.34. The quantitative estimate of drug-likeness (QED) is 0.725. The Bertz CT molecular complexity index is 402. The average Bonchev–Trinajstić information content (AvgIpc) is 2.28. The molecule has 0 saturated carbocycles. The van der Waals surface area contributed by atoms with Crippen molar-refractivity contribution in [2.75, 3.05) is 11.5 Å². The molecule has 0 spiro atoms. The molecule has 100 valence electrons. The number of hydrogen-bond acceptors (Lipinski definition) is 3. The van der Waals surface area contributed by atoms with E-state index in [4.69, 9.17) is 11.6 Å². The zero-order valence-corrected chi connectivity index (χ0v) is 11.6. The molecule has 7 heteroatoms. The first-order valence-corrected chi connectivity index (χ1v) is 7.57. The van der Waals surface area contributed by atoms with Crippen molar-refractivity contribution in [2.24, 2.45) is 0 Å². The smallest absolute Gasteiger partial charge is 0.406 e. The van der Waals surface area contributed by atoms with Crippen molar-refractivity contribution >= 4 is 35.1 Å². The lowest BCUT2D eigenvalue weighted by atomic mass is 10.2. The van der Waals surface area contributed by atoms with Gasteiger partial charge in [0.2, 0.25) is 0 Å². The van der Waals surface area contributed by atoms with Crippen LogP contribution in [0.2, 0.25) is 0 Å². The Morgan fingerprint density at radius 2 is 1.67 bits per heavy atom. The zero-order valence-electron chi connectivity index (χ0n) is 9.17. The lowest BCUT2D eigenvalue weighted by molar-refractivity contribution is -0.274. The standard InChI is InChI=1S/C11H10ClF3OS2/c12-10(17-6-1-7-18-10)8-2-4-9(5-3-8)16-11(13,14)15/h2-5H,1,6-7H2. The van der Waals surface area contributed by atoms with Crippen LogP contribution in [0.5, 0.6) is 5.75 Å². The van der Waals surface area contributed by atoms with Gasteiger partial charge in [-0.05, 0) is 35.6 Å². The van der Waals surface area contributed by atoms with E-state index < -0.39 is 9.90 Å². The van der Waals surface area contributed by atoms with Gasteiger partial charge in [-0.15, -0.1) is 36.7 Å². The fourth-order valence-electron chi connectivity index (χ4n) is 1.53. The maximum Gasteiger partial charge on any atom is 0.573 e. The van der Waals surface area contributed by atoms with Crippen LogP contribution in [0.1, 0.15) is 12.0 Å². The predicted octanol–water partition coefficient (Wildman–Crippen LogP) is 4.80. The highest BCUT2D eigenvalue weighted by molar-refractivity contribution is 8.19. The molecule has 1 aromatic carbocycles. The second-order valence-electron chi connectivity index (χ2n) is 3.66. The molecule has 1 saturated heterocycles. The number of rotatable bonds is 2. The van der Waals surface area contributed by atoms with Crippen LogP contribution in [0.25, 0.3) is 0 Å².